The van der Waals surface area contributed by atoms with E-state index in [1.165, 1.54) is 19.2 Å². The molecule has 18 heavy (non-hydrogen) atoms. The summed E-state index contributed by atoms with van der Waals surface area (Å²) < 4.78 is 22.7. The van der Waals surface area contributed by atoms with E-state index < -0.39 is 0 Å². The summed E-state index contributed by atoms with van der Waals surface area (Å²) in [5.41, 5.74) is 0. The molecule has 0 aliphatic carbocycles. The van der Waals surface area contributed by atoms with Crippen molar-refractivity contribution in [3.05, 3.63) is 30.1 Å². The number of benzene rings is 1. The Labute approximate surface area is 111 Å². The first-order chi connectivity index (χ1) is 8.63. The average molecular weight is 272 g/mol. The molecule has 0 amide bonds. The SMILES string of the molecule is COC(=O)C(C)CSCCOc1ccc(F)cc1. The van der Waals surface area contributed by atoms with Crippen molar-refractivity contribution >= 4 is 17.7 Å². The van der Waals surface area contributed by atoms with Crippen LogP contribution in [0.15, 0.2) is 24.3 Å². The molecule has 100 valence electrons. The Kier molecular flexibility index (Phi) is 6.57. The molecular weight excluding hydrogens is 255 g/mol. The maximum Gasteiger partial charge on any atom is 0.309 e. The number of hydrogen-bond donors (Lipinski definition) is 0. The van der Waals surface area contributed by atoms with E-state index in [0.29, 0.717) is 18.1 Å². The molecule has 1 aromatic carbocycles. The second-order valence-corrected chi connectivity index (χ2v) is 4.95. The summed E-state index contributed by atoms with van der Waals surface area (Å²) in [6, 6.07) is 5.91. The molecular formula is C13H17FO3S. The minimum Gasteiger partial charge on any atom is -0.493 e. The summed E-state index contributed by atoms with van der Waals surface area (Å²) in [7, 11) is 1.39. The van der Waals surface area contributed by atoms with Gasteiger partial charge >= 0.3 is 5.97 Å². The van der Waals surface area contributed by atoms with Gasteiger partial charge in [-0.1, -0.05) is 6.92 Å². The third-order valence-electron chi connectivity index (χ3n) is 2.28. The van der Waals surface area contributed by atoms with E-state index in [1.54, 1.807) is 23.9 Å². The van der Waals surface area contributed by atoms with Crippen molar-refractivity contribution in [2.75, 3.05) is 25.2 Å². The van der Waals surface area contributed by atoms with Crippen LogP contribution in [-0.4, -0.2) is 31.2 Å². The predicted octanol–water partition coefficient (Wildman–Crippen LogP) is 2.75. The van der Waals surface area contributed by atoms with Crippen LogP contribution < -0.4 is 4.74 Å². The number of esters is 1. The third kappa shape index (κ3) is 5.40. The van der Waals surface area contributed by atoms with Crippen LogP contribution in [0.25, 0.3) is 0 Å². The van der Waals surface area contributed by atoms with Gasteiger partial charge < -0.3 is 9.47 Å². The maximum absolute atomic E-state index is 12.6. The lowest BCUT2D eigenvalue weighted by molar-refractivity contribution is -0.143. The van der Waals surface area contributed by atoms with Crippen molar-refractivity contribution in [2.24, 2.45) is 5.92 Å². The second kappa shape index (κ2) is 7.97. The number of rotatable bonds is 7. The Balaban J connectivity index is 2.12. The normalized spacial score (nSPS) is 11.9. The van der Waals surface area contributed by atoms with Crippen LogP contribution in [0, 0.1) is 11.7 Å². The smallest absolute Gasteiger partial charge is 0.309 e. The van der Waals surface area contributed by atoms with Crippen LogP contribution >= 0.6 is 11.8 Å². The van der Waals surface area contributed by atoms with Gasteiger partial charge in [0.1, 0.15) is 11.6 Å². The van der Waals surface area contributed by atoms with Gasteiger partial charge in [0, 0.05) is 11.5 Å². The quantitative estimate of drug-likeness (QED) is 0.565. The minimum absolute atomic E-state index is 0.106. The summed E-state index contributed by atoms with van der Waals surface area (Å²) in [5.74, 6) is 1.56. The molecule has 0 N–H and O–H groups in total. The molecule has 1 atom stereocenters. The van der Waals surface area contributed by atoms with Crippen molar-refractivity contribution < 1.29 is 18.7 Å². The molecule has 0 heterocycles. The topological polar surface area (TPSA) is 35.5 Å². The van der Waals surface area contributed by atoms with E-state index in [9.17, 15) is 9.18 Å². The Hall–Kier alpha value is -1.23. The van der Waals surface area contributed by atoms with Crippen LogP contribution in [0.5, 0.6) is 5.75 Å². The number of hydrogen-bond acceptors (Lipinski definition) is 4. The Morgan fingerprint density at radius 1 is 1.39 bits per heavy atom. The molecule has 1 unspecified atom stereocenters. The van der Waals surface area contributed by atoms with Gasteiger partial charge in [0.15, 0.2) is 0 Å². The van der Waals surface area contributed by atoms with Crippen molar-refractivity contribution in [2.45, 2.75) is 6.92 Å². The summed E-state index contributed by atoms with van der Waals surface area (Å²) in [4.78, 5) is 11.1. The Morgan fingerprint density at radius 2 is 2.06 bits per heavy atom. The lowest BCUT2D eigenvalue weighted by Crippen LogP contribution is -2.15. The first-order valence-electron chi connectivity index (χ1n) is 5.67. The molecule has 1 rings (SSSR count). The molecule has 1 aromatic rings. The zero-order valence-corrected chi connectivity index (χ0v) is 11.3. The summed E-state index contributed by atoms with van der Waals surface area (Å²) in [6.07, 6.45) is 0. The first-order valence-corrected chi connectivity index (χ1v) is 6.83. The molecule has 5 heteroatoms. The van der Waals surface area contributed by atoms with Crippen LogP contribution in [0.2, 0.25) is 0 Å². The summed E-state index contributed by atoms with van der Waals surface area (Å²) in [5, 5.41) is 0. The Bertz CT molecular complexity index is 367. The van der Waals surface area contributed by atoms with Crippen LogP contribution in [0.4, 0.5) is 4.39 Å². The number of carbonyl (C=O) groups excluding carboxylic acids is 1. The number of carbonyl (C=O) groups is 1. The second-order valence-electron chi connectivity index (χ2n) is 3.80. The fourth-order valence-corrected chi connectivity index (χ4v) is 2.14. The van der Waals surface area contributed by atoms with E-state index in [2.05, 4.69) is 4.74 Å². The third-order valence-corrected chi connectivity index (χ3v) is 3.47. The monoisotopic (exact) mass is 272 g/mol. The standard InChI is InChI=1S/C13H17FO3S/c1-10(13(15)16-2)9-18-8-7-17-12-5-3-11(14)4-6-12/h3-6,10H,7-9H2,1-2H3. The van der Waals surface area contributed by atoms with Gasteiger partial charge in [-0.3, -0.25) is 4.79 Å². The highest BCUT2D eigenvalue weighted by Crippen LogP contribution is 2.13. The number of ether oxygens (including phenoxy) is 2. The summed E-state index contributed by atoms with van der Waals surface area (Å²) in [6.45, 7) is 2.36. The van der Waals surface area contributed by atoms with Crippen molar-refractivity contribution in [1.82, 2.24) is 0 Å². The molecule has 0 fully saturated rings. The number of thioether (sulfide) groups is 1. The van der Waals surface area contributed by atoms with Gasteiger partial charge in [0.2, 0.25) is 0 Å². The fraction of sp³-hybridized carbons (Fsp3) is 0.462. The highest BCUT2D eigenvalue weighted by atomic mass is 32.2. The van der Waals surface area contributed by atoms with Gasteiger partial charge in [-0.05, 0) is 24.3 Å². The molecule has 0 bridgehead atoms. The highest BCUT2D eigenvalue weighted by molar-refractivity contribution is 7.99. The Morgan fingerprint density at radius 3 is 2.67 bits per heavy atom. The van der Waals surface area contributed by atoms with Crippen LogP contribution in [0.3, 0.4) is 0 Å². The van der Waals surface area contributed by atoms with Crippen LogP contribution in [0.1, 0.15) is 6.92 Å². The maximum atomic E-state index is 12.6. The highest BCUT2D eigenvalue weighted by Gasteiger charge is 2.12. The molecule has 0 aromatic heterocycles. The van der Waals surface area contributed by atoms with Gasteiger partial charge in [-0.2, -0.15) is 11.8 Å². The van der Waals surface area contributed by atoms with Gasteiger partial charge in [0.25, 0.3) is 0 Å². The molecule has 0 spiro atoms. The lowest BCUT2D eigenvalue weighted by Gasteiger charge is -2.09. The number of halogens is 1. The van der Waals surface area contributed by atoms with Crippen molar-refractivity contribution in [1.29, 1.82) is 0 Å². The van der Waals surface area contributed by atoms with Gasteiger partial charge in [0.05, 0.1) is 19.6 Å². The number of methoxy groups -OCH3 is 1. The van der Waals surface area contributed by atoms with Crippen molar-refractivity contribution in [3.63, 3.8) is 0 Å². The van der Waals surface area contributed by atoms with E-state index >= 15 is 0 Å². The predicted molar refractivity (Wildman–Crippen MR) is 70.4 cm³/mol. The van der Waals surface area contributed by atoms with E-state index in [4.69, 9.17) is 4.74 Å². The zero-order chi connectivity index (χ0) is 13.4. The molecule has 3 nitrogen and oxygen atoms in total. The fourth-order valence-electron chi connectivity index (χ4n) is 1.28. The first kappa shape index (κ1) is 14.8. The minimum atomic E-state index is -0.274. The van der Waals surface area contributed by atoms with Crippen LogP contribution in [-0.2, 0) is 9.53 Å². The average Bonchev–Trinajstić information content (AvgIpc) is 2.39. The van der Waals surface area contributed by atoms with Crippen molar-refractivity contribution in [3.8, 4) is 5.75 Å². The molecule has 0 aliphatic rings. The van der Waals surface area contributed by atoms with Gasteiger partial charge in [-0.25, -0.2) is 4.39 Å². The largest absolute Gasteiger partial charge is 0.493 e. The molecule has 0 saturated carbocycles. The lowest BCUT2D eigenvalue weighted by atomic mass is 10.2. The summed E-state index contributed by atoms with van der Waals surface area (Å²) >= 11 is 1.63. The zero-order valence-electron chi connectivity index (χ0n) is 10.5. The molecule has 0 aliphatic heterocycles. The molecule has 0 radical (unpaired) electrons. The van der Waals surface area contributed by atoms with E-state index in [-0.39, 0.29) is 17.7 Å². The molecule has 0 saturated heterocycles. The van der Waals surface area contributed by atoms with Gasteiger partial charge in [-0.15, -0.1) is 0 Å². The van der Waals surface area contributed by atoms with E-state index in [1.807, 2.05) is 6.92 Å². The van der Waals surface area contributed by atoms with E-state index in [0.717, 1.165) is 5.75 Å².